The minimum absolute atomic E-state index is 0.770. The van der Waals surface area contributed by atoms with E-state index in [1.165, 1.54) is 26.3 Å². The lowest BCUT2D eigenvalue weighted by Crippen LogP contribution is -2.74. The molecule has 132 valence electrons. The molecule has 0 aromatic heterocycles. The van der Waals surface area contributed by atoms with Crippen LogP contribution in [0, 0.1) is 6.92 Å². The first-order chi connectivity index (χ1) is 13.2. The molecule has 0 amide bonds. The highest BCUT2D eigenvalue weighted by atomic mass is 35.5. The van der Waals surface area contributed by atoms with Crippen molar-refractivity contribution in [3.05, 3.63) is 120 Å². The summed E-state index contributed by atoms with van der Waals surface area (Å²) >= 11 is 6.24. The first-order valence-corrected chi connectivity index (χ1v) is 11.5. The molecule has 0 fully saturated rings. The van der Waals surface area contributed by atoms with Crippen LogP contribution in [-0.4, -0.2) is 8.07 Å². The summed E-state index contributed by atoms with van der Waals surface area (Å²) in [7, 11) is -2.40. The molecule has 0 aliphatic heterocycles. The van der Waals surface area contributed by atoms with Crippen LogP contribution in [0.1, 0.15) is 5.56 Å². The number of rotatable bonds is 4. The van der Waals surface area contributed by atoms with E-state index in [0.29, 0.717) is 0 Å². The van der Waals surface area contributed by atoms with E-state index in [-0.39, 0.29) is 0 Å². The highest BCUT2D eigenvalue weighted by molar-refractivity contribution is 7.19. The van der Waals surface area contributed by atoms with Gasteiger partial charge in [-0.25, -0.2) is 0 Å². The van der Waals surface area contributed by atoms with E-state index in [0.717, 1.165) is 5.02 Å². The largest absolute Gasteiger partial charge is 0.179 e. The molecule has 0 aliphatic carbocycles. The lowest BCUT2D eigenvalue weighted by atomic mass is 10.2. The minimum atomic E-state index is -2.40. The molecule has 0 spiro atoms. The molecule has 4 rings (SSSR count). The summed E-state index contributed by atoms with van der Waals surface area (Å²) < 4.78 is 0. The maximum absolute atomic E-state index is 6.24. The molecule has 0 unspecified atom stereocenters. The van der Waals surface area contributed by atoms with Crippen molar-refractivity contribution in [2.45, 2.75) is 6.92 Å². The molecular formula is C25H21ClSi. The fourth-order valence-corrected chi connectivity index (χ4v) is 8.72. The lowest BCUT2D eigenvalue weighted by molar-refractivity contribution is 1.49. The Bertz CT molecular complexity index is 920. The number of hydrogen-bond donors (Lipinski definition) is 0. The van der Waals surface area contributed by atoms with Crippen LogP contribution >= 0.6 is 11.6 Å². The van der Waals surface area contributed by atoms with Crippen LogP contribution in [0.4, 0.5) is 0 Å². The van der Waals surface area contributed by atoms with Gasteiger partial charge in [0.15, 0.2) is 8.07 Å². The van der Waals surface area contributed by atoms with Gasteiger partial charge in [0.25, 0.3) is 0 Å². The van der Waals surface area contributed by atoms with Gasteiger partial charge >= 0.3 is 0 Å². The Morgan fingerprint density at radius 2 is 0.852 bits per heavy atom. The average molecular weight is 385 g/mol. The Morgan fingerprint density at radius 3 is 1.30 bits per heavy atom. The molecule has 2 heteroatoms. The zero-order chi connectivity index (χ0) is 18.7. The second kappa shape index (κ2) is 7.56. The average Bonchev–Trinajstić information content (AvgIpc) is 2.73. The Morgan fingerprint density at radius 1 is 0.481 bits per heavy atom. The molecule has 27 heavy (non-hydrogen) atoms. The Hall–Kier alpha value is -2.61. The van der Waals surface area contributed by atoms with E-state index in [1.54, 1.807) is 0 Å². The van der Waals surface area contributed by atoms with Gasteiger partial charge in [0, 0.05) is 5.02 Å². The first-order valence-electron chi connectivity index (χ1n) is 9.15. The smallest absolute Gasteiger partial charge is 0.0843 e. The summed E-state index contributed by atoms with van der Waals surface area (Å²) in [5.74, 6) is 0. The summed E-state index contributed by atoms with van der Waals surface area (Å²) in [4.78, 5) is 0. The zero-order valence-corrected chi connectivity index (χ0v) is 17.0. The summed E-state index contributed by atoms with van der Waals surface area (Å²) in [5, 5.41) is 6.25. The molecule has 0 saturated carbocycles. The minimum Gasteiger partial charge on any atom is -0.0843 e. The van der Waals surface area contributed by atoms with Gasteiger partial charge in [-0.3, -0.25) is 0 Å². The molecule has 4 aromatic rings. The molecule has 0 radical (unpaired) electrons. The normalized spacial score (nSPS) is 11.3. The van der Waals surface area contributed by atoms with Crippen molar-refractivity contribution < 1.29 is 0 Å². The van der Waals surface area contributed by atoms with E-state index in [4.69, 9.17) is 11.6 Å². The third-order valence-corrected chi connectivity index (χ3v) is 10.2. The molecular weight excluding hydrogens is 364 g/mol. The molecule has 0 saturated heterocycles. The number of benzene rings is 4. The van der Waals surface area contributed by atoms with E-state index in [2.05, 4.69) is 104 Å². The third kappa shape index (κ3) is 3.25. The van der Waals surface area contributed by atoms with Crippen LogP contribution in [-0.2, 0) is 0 Å². The first kappa shape index (κ1) is 17.8. The van der Waals surface area contributed by atoms with Gasteiger partial charge < -0.3 is 0 Å². The van der Waals surface area contributed by atoms with E-state index >= 15 is 0 Å². The number of aryl methyl sites for hydroxylation is 1. The van der Waals surface area contributed by atoms with Crippen LogP contribution in [0.2, 0.25) is 5.02 Å². The van der Waals surface area contributed by atoms with Crippen molar-refractivity contribution in [2.24, 2.45) is 0 Å². The van der Waals surface area contributed by atoms with Gasteiger partial charge in [0.2, 0.25) is 0 Å². The summed E-state index contributed by atoms with van der Waals surface area (Å²) in [6.07, 6.45) is 0. The van der Waals surface area contributed by atoms with Crippen molar-refractivity contribution in [1.82, 2.24) is 0 Å². The van der Waals surface area contributed by atoms with Crippen molar-refractivity contribution in [1.29, 1.82) is 0 Å². The molecule has 0 nitrogen and oxygen atoms in total. The van der Waals surface area contributed by atoms with E-state index < -0.39 is 8.07 Å². The summed E-state index contributed by atoms with van der Waals surface area (Å²) in [6, 6.07) is 39.3. The quantitative estimate of drug-likeness (QED) is 0.368. The van der Waals surface area contributed by atoms with Gasteiger partial charge in [0.05, 0.1) is 0 Å². The highest BCUT2D eigenvalue weighted by Crippen LogP contribution is 2.12. The maximum Gasteiger partial charge on any atom is 0.179 e. The van der Waals surface area contributed by atoms with Crippen LogP contribution in [0.3, 0.4) is 0 Å². The van der Waals surface area contributed by atoms with E-state index in [9.17, 15) is 0 Å². The molecule has 0 aliphatic rings. The topological polar surface area (TPSA) is 0 Å². The second-order valence-electron chi connectivity index (χ2n) is 6.85. The van der Waals surface area contributed by atoms with Crippen LogP contribution in [0.15, 0.2) is 109 Å². The third-order valence-electron chi connectivity index (χ3n) is 5.18. The summed E-state index contributed by atoms with van der Waals surface area (Å²) in [6.45, 7) is 2.14. The van der Waals surface area contributed by atoms with Gasteiger partial charge in [-0.1, -0.05) is 114 Å². The Balaban J connectivity index is 2.11. The lowest BCUT2D eigenvalue weighted by Gasteiger charge is -2.34. The van der Waals surface area contributed by atoms with Crippen LogP contribution in [0.5, 0.6) is 0 Å². The van der Waals surface area contributed by atoms with Crippen LogP contribution in [0.25, 0.3) is 0 Å². The summed E-state index contributed by atoms with van der Waals surface area (Å²) in [5.41, 5.74) is 1.28. The maximum atomic E-state index is 6.24. The van der Waals surface area contributed by atoms with Crippen molar-refractivity contribution in [2.75, 3.05) is 0 Å². The monoisotopic (exact) mass is 384 g/mol. The highest BCUT2D eigenvalue weighted by Gasteiger charge is 2.41. The zero-order valence-electron chi connectivity index (χ0n) is 15.3. The molecule has 0 heterocycles. The van der Waals surface area contributed by atoms with E-state index in [1.807, 2.05) is 12.1 Å². The van der Waals surface area contributed by atoms with Gasteiger partial charge in [-0.15, -0.1) is 0 Å². The standard InChI is InChI=1S/C25H21ClSi/c1-20-12-16-24(17-13-20)27(22-8-4-2-5-9-22,23-10-6-3-7-11-23)25-18-14-21(26)15-19-25/h2-19H,1H3. The van der Waals surface area contributed by atoms with Crippen LogP contribution < -0.4 is 20.7 Å². The Kier molecular flexibility index (Phi) is 4.98. The second-order valence-corrected chi connectivity index (χ2v) is 11.1. The van der Waals surface area contributed by atoms with Gasteiger partial charge in [-0.2, -0.15) is 0 Å². The fourth-order valence-electron chi connectivity index (χ4n) is 3.88. The van der Waals surface area contributed by atoms with Crippen molar-refractivity contribution >= 4 is 40.4 Å². The Labute approximate surface area is 167 Å². The number of hydrogen-bond acceptors (Lipinski definition) is 0. The molecule has 4 aromatic carbocycles. The van der Waals surface area contributed by atoms with Gasteiger partial charge in [-0.05, 0) is 39.8 Å². The van der Waals surface area contributed by atoms with Crippen molar-refractivity contribution in [3.63, 3.8) is 0 Å². The molecule has 0 atom stereocenters. The fraction of sp³-hybridized carbons (Fsp3) is 0.0400. The van der Waals surface area contributed by atoms with Gasteiger partial charge in [0.1, 0.15) is 0 Å². The SMILES string of the molecule is Cc1ccc([Si](c2ccccc2)(c2ccccc2)c2ccc(Cl)cc2)cc1. The predicted molar refractivity (Wildman–Crippen MR) is 120 cm³/mol. The molecule has 0 bridgehead atoms. The number of halogens is 1. The predicted octanol–water partition coefficient (Wildman–Crippen LogP) is 4.03. The van der Waals surface area contributed by atoms with Crippen molar-refractivity contribution in [3.8, 4) is 0 Å². The molecule has 0 N–H and O–H groups in total.